The second kappa shape index (κ2) is 4.52. The summed E-state index contributed by atoms with van der Waals surface area (Å²) in [5, 5.41) is 1.12. The molecule has 0 fully saturated rings. The van der Waals surface area contributed by atoms with E-state index < -0.39 is 0 Å². The number of benzene rings is 2. The number of hydrogen-bond acceptors (Lipinski definition) is 3. The van der Waals surface area contributed by atoms with E-state index >= 15 is 0 Å². The summed E-state index contributed by atoms with van der Waals surface area (Å²) < 4.78 is 5.70. The first-order valence-corrected chi connectivity index (χ1v) is 6.19. The van der Waals surface area contributed by atoms with Crippen LogP contribution < -0.4 is 5.56 Å². The van der Waals surface area contributed by atoms with Gasteiger partial charge >= 0.3 is 0 Å². The molecule has 94 valence electrons. The highest BCUT2D eigenvalue weighted by atomic mass is 35.5. The van der Waals surface area contributed by atoms with E-state index in [1.165, 1.54) is 0 Å². The van der Waals surface area contributed by atoms with E-state index in [-0.39, 0.29) is 5.56 Å². The molecule has 0 aliphatic carbocycles. The fourth-order valence-electron chi connectivity index (χ4n) is 1.89. The number of hydrogen-bond donors (Lipinski definition) is 0. The lowest BCUT2D eigenvalue weighted by Crippen LogP contribution is -2.07. The van der Waals surface area contributed by atoms with Crippen LogP contribution >= 0.6 is 11.6 Å². The second-order valence-corrected chi connectivity index (χ2v) is 4.77. The van der Waals surface area contributed by atoms with Crippen LogP contribution in [0.4, 0.5) is 0 Å². The fraction of sp³-hybridized carbons (Fsp3) is 0.0667. The molecule has 4 heteroatoms. The fourth-order valence-corrected chi connectivity index (χ4v) is 2.01. The molecule has 3 rings (SSSR count). The lowest BCUT2D eigenvalue weighted by atomic mass is 10.2. The Balaban J connectivity index is 2.25. The first kappa shape index (κ1) is 11.9. The molecule has 0 aliphatic heterocycles. The molecule has 1 heterocycles. The maximum atomic E-state index is 12.0. The summed E-state index contributed by atoms with van der Waals surface area (Å²) in [4.78, 5) is 15.9. The minimum absolute atomic E-state index is 0.286. The lowest BCUT2D eigenvalue weighted by molar-refractivity contribution is 0.595. The Morgan fingerprint density at radius 2 is 1.84 bits per heavy atom. The Hall–Kier alpha value is -2.13. The minimum atomic E-state index is -0.286. The molecule has 0 saturated heterocycles. The molecule has 3 aromatic rings. The topological polar surface area (TPSA) is 43.1 Å². The number of halogens is 1. The SMILES string of the molecule is Cc1ccc2c(=O)nc(-c3ccc(Cl)cc3)oc2c1. The molecule has 1 aromatic heterocycles. The van der Waals surface area contributed by atoms with Crippen LogP contribution in [0.2, 0.25) is 5.02 Å². The van der Waals surface area contributed by atoms with Crippen LogP contribution in [-0.2, 0) is 0 Å². The quantitative estimate of drug-likeness (QED) is 0.676. The second-order valence-electron chi connectivity index (χ2n) is 4.33. The summed E-state index contributed by atoms with van der Waals surface area (Å²) in [6, 6.07) is 12.4. The normalized spacial score (nSPS) is 10.8. The number of aromatic nitrogens is 1. The van der Waals surface area contributed by atoms with Crippen LogP contribution in [0, 0.1) is 6.92 Å². The number of rotatable bonds is 1. The van der Waals surface area contributed by atoms with E-state index in [9.17, 15) is 4.79 Å². The van der Waals surface area contributed by atoms with E-state index in [0.717, 1.165) is 11.1 Å². The van der Waals surface area contributed by atoms with Crippen molar-refractivity contribution < 1.29 is 4.42 Å². The Bertz CT molecular complexity index is 806. The van der Waals surface area contributed by atoms with Gasteiger partial charge in [-0.3, -0.25) is 4.79 Å². The third kappa shape index (κ3) is 2.25. The molecular weight excluding hydrogens is 262 g/mol. The first-order chi connectivity index (χ1) is 9.13. The molecule has 0 N–H and O–H groups in total. The Labute approximate surface area is 114 Å². The van der Waals surface area contributed by atoms with Crippen LogP contribution in [0.25, 0.3) is 22.4 Å². The zero-order chi connectivity index (χ0) is 13.4. The van der Waals surface area contributed by atoms with Gasteiger partial charge in [-0.15, -0.1) is 0 Å². The monoisotopic (exact) mass is 271 g/mol. The van der Waals surface area contributed by atoms with E-state index in [1.54, 1.807) is 30.3 Å². The summed E-state index contributed by atoms with van der Waals surface area (Å²) in [5.74, 6) is 0.305. The predicted octanol–water partition coefficient (Wildman–Crippen LogP) is 3.82. The maximum absolute atomic E-state index is 12.0. The number of fused-ring (bicyclic) bond motifs is 1. The summed E-state index contributed by atoms with van der Waals surface area (Å²) in [7, 11) is 0. The molecule has 3 nitrogen and oxygen atoms in total. The van der Waals surface area contributed by atoms with E-state index in [1.807, 2.05) is 19.1 Å². The van der Waals surface area contributed by atoms with Gasteiger partial charge in [-0.1, -0.05) is 17.7 Å². The molecule has 0 aliphatic rings. The third-order valence-corrected chi connectivity index (χ3v) is 3.12. The van der Waals surface area contributed by atoms with Crippen LogP contribution in [0.5, 0.6) is 0 Å². The Morgan fingerprint density at radius 1 is 1.11 bits per heavy atom. The van der Waals surface area contributed by atoms with Gasteiger partial charge in [-0.05, 0) is 48.9 Å². The highest BCUT2D eigenvalue weighted by Gasteiger charge is 2.08. The van der Waals surface area contributed by atoms with Crippen molar-refractivity contribution in [2.75, 3.05) is 0 Å². The molecule has 0 radical (unpaired) electrons. The van der Waals surface area contributed by atoms with Gasteiger partial charge in [0.2, 0.25) is 5.89 Å². The Kier molecular flexibility index (Phi) is 2.84. The van der Waals surface area contributed by atoms with Gasteiger partial charge in [0.15, 0.2) is 0 Å². The molecule has 0 amide bonds. The van der Waals surface area contributed by atoms with E-state index in [0.29, 0.717) is 21.9 Å². The zero-order valence-corrected chi connectivity index (χ0v) is 10.9. The average molecular weight is 272 g/mol. The molecule has 0 saturated carbocycles. The first-order valence-electron chi connectivity index (χ1n) is 5.81. The van der Waals surface area contributed by atoms with Crippen molar-refractivity contribution in [2.45, 2.75) is 6.92 Å². The highest BCUT2D eigenvalue weighted by Crippen LogP contribution is 2.22. The summed E-state index contributed by atoms with van der Waals surface area (Å²) in [6.07, 6.45) is 0. The van der Waals surface area contributed by atoms with Gasteiger partial charge in [0.1, 0.15) is 5.58 Å². The van der Waals surface area contributed by atoms with Gasteiger partial charge in [-0.25, -0.2) is 0 Å². The smallest absolute Gasteiger partial charge is 0.284 e. The van der Waals surface area contributed by atoms with Crippen molar-refractivity contribution in [1.82, 2.24) is 4.98 Å². The van der Waals surface area contributed by atoms with Gasteiger partial charge in [-0.2, -0.15) is 4.98 Å². The van der Waals surface area contributed by atoms with Crippen molar-refractivity contribution >= 4 is 22.6 Å². The molecule has 0 unspecified atom stereocenters. The summed E-state index contributed by atoms with van der Waals surface area (Å²) in [5.41, 5.74) is 2.02. The van der Waals surface area contributed by atoms with Crippen LogP contribution in [0.1, 0.15) is 5.56 Å². The van der Waals surface area contributed by atoms with Crippen LogP contribution in [0.3, 0.4) is 0 Å². The van der Waals surface area contributed by atoms with Gasteiger partial charge in [0.25, 0.3) is 5.56 Å². The van der Waals surface area contributed by atoms with Crippen molar-refractivity contribution in [3.8, 4) is 11.5 Å². The van der Waals surface area contributed by atoms with Crippen LogP contribution in [0.15, 0.2) is 51.7 Å². The summed E-state index contributed by atoms with van der Waals surface area (Å²) in [6.45, 7) is 1.95. The van der Waals surface area contributed by atoms with Gasteiger partial charge < -0.3 is 4.42 Å². The van der Waals surface area contributed by atoms with E-state index in [4.69, 9.17) is 16.0 Å². The third-order valence-electron chi connectivity index (χ3n) is 2.87. The largest absolute Gasteiger partial charge is 0.437 e. The number of aryl methyl sites for hydroxylation is 1. The summed E-state index contributed by atoms with van der Waals surface area (Å²) >= 11 is 5.83. The molecule has 0 atom stereocenters. The molecule has 2 aromatic carbocycles. The molecule has 0 bridgehead atoms. The molecule has 19 heavy (non-hydrogen) atoms. The van der Waals surface area contributed by atoms with Crippen molar-refractivity contribution in [3.05, 3.63) is 63.4 Å². The standard InChI is InChI=1S/C15H10ClNO2/c1-9-2-7-12-13(8-9)19-15(17-14(12)18)10-3-5-11(16)6-4-10/h2-8H,1H3. The predicted molar refractivity (Wildman–Crippen MR) is 75.5 cm³/mol. The lowest BCUT2D eigenvalue weighted by Gasteiger charge is -2.02. The molecule has 0 spiro atoms. The van der Waals surface area contributed by atoms with Crippen molar-refractivity contribution in [1.29, 1.82) is 0 Å². The average Bonchev–Trinajstić information content (AvgIpc) is 2.38. The van der Waals surface area contributed by atoms with Gasteiger partial charge in [0, 0.05) is 10.6 Å². The van der Waals surface area contributed by atoms with Crippen molar-refractivity contribution in [3.63, 3.8) is 0 Å². The van der Waals surface area contributed by atoms with Gasteiger partial charge in [0.05, 0.1) is 5.39 Å². The maximum Gasteiger partial charge on any atom is 0.284 e. The Morgan fingerprint density at radius 3 is 2.58 bits per heavy atom. The number of nitrogens with zero attached hydrogens (tertiary/aromatic N) is 1. The minimum Gasteiger partial charge on any atom is -0.437 e. The highest BCUT2D eigenvalue weighted by molar-refractivity contribution is 6.30. The van der Waals surface area contributed by atoms with Crippen molar-refractivity contribution in [2.24, 2.45) is 0 Å². The van der Waals surface area contributed by atoms with Crippen LogP contribution in [-0.4, -0.2) is 4.98 Å². The zero-order valence-electron chi connectivity index (χ0n) is 10.2. The van der Waals surface area contributed by atoms with E-state index in [2.05, 4.69) is 4.98 Å². The molecular formula is C15H10ClNO2.